The van der Waals surface area contributed by atoms with E-state index in [2.05, 4.69) is 4.98 Å². The molecule has 0 spiro atoms. The molecule has 0 radical (unpaired) electrons. The van der Waals surface area contributed by atoms with Gasteiger partial charge in [0.2, 0.25) is 5.56 Å². The Morgan fingerprint density at radius 2 is 2.00 bits per heavy atom. The summed E-state index contributed by atoms with van der Waals surface area (Å²) in [5.74, 6) is 0.793. The van der Waals surface area contributed by atoms with Crippen molar-refractivity contribution in [1.82, 2.24) is 4.98 Å². The number of rotatable bonds is 1. The molecule has 1 aromatic rings. The Labute approximate surface area is 88.1 Å². The standard InChI is InChI=1S/C12H15NO2/c14-11-7-8(5-6-13-11)12(15)9-3-1-2-4-10(9)12/h5-7,9-10,15H,1-4H2,(H,13,14). The van der Waals surface area contributed by atoms with Crippen LogP contribution in [0.25, 0.3) is 0 Å². The largest absolute Gasteiger partial charge is 0.385 e. The number of hydrogen-bond acceptors (Lipinski definition) is 2. The molecule has 0 bridgehead atoms. The number of H-pyrrole nitrogens is 1. The molecule has 3 heteroatoms. The smallest absolute Gasteiger partial charge is 0.248 e. The Morgan fingerprint density at radius 3 is 2.60 bits per heavy atom. The molecule has 2 atom stereocenters. The van der Waals surface area contributed by atoms with Gasteiger partial charge in [0.15, 0.2) is 0 Å². The van der Waals surface area contributed by atoms with Crippen molar-refractivity contribution in [3.05, 3.63) is 34.2 Å². The van der Waals surface area contributed by atoms with E-state index in [1.54, 1.807) is 12.3 Å². The van der Waals surface area contributed by atoms with Crippen LogP contribution in [0.15, 0.2) is 23.1 Å². The van der Waals surface area contributed by atoms with Crippen LogP contribution in [0, 0.1) is 11.8 Å². The van der Waals surface area contributed by atoms with E-state index in [0.717, 1.165) is 18.4 Å². The lowest BCUT2D eigenvalue weighted by Gasteiger charge is -2.09. The summed E-state index contributed by atoms with van der Waals surface area (Å²) in [6.45, 7) is 0. The predicted octanol–water partition coefficient (Wildman–Crippen LogP) is 1.38. The van der Waals surface area contributed by atoms with Crippen molar-refractivity contribution in [2.45, 2.75) is 31.3 Å². The number of aliphatic hydroxyl groups is 1. The number of pyridine rings is 1. The molecular formula is C12H15NO2. The topological polar surface area (TPSA) is 53.1 Å². The van der Waals surface area contributed by atoms with Crippen LogP contribution >= 0.6 is 0 Å². The van der Waals surface area contributed by atoms with Gasteiger partial charge in [0.25, 0.3) is 0 Å². The quantitative estimate of drug-likeness (QED) is 0.727. The van der Waals surface area contributed by atoms with Crippen LogP contribution in [0.3, 0.4) is 0 Å². The van der Waals surface area contributed by atoms with Gasteiger partial charge in [-0.05, 0) is 36.3 Å². The Bertz CT molecular complexity index is 425. The van der Waals surface area contributed by atoms with Gasteiger partial charge in [0.1, 0.15) is 0 Å². The minimum absolute atomic E-state index is 0.121. The van der Waals surface area contributed by atoms with Gasteiger partial charge in [0, 0.05) is 12.3 Å². The van der Waals surface area contributed by atoms with Crippen LogP contribution in [0.4, 0.5) is 0 Å². The number of aromatic amines is 1. The summed E-state index contributed by atoms with van der Waals surface area (Å²) in [5.41, 5.74) is -0.00202. The Hall–Kier alpha value is -1.09. The predicted molar refractivity (Wildman–Crippen MR) is 56.4 cm³/mol. The maximum absolute atomic E-state index is 11.2. The van der Waals surface area contributed by atoms with Crippen molar-refractivity contribution < 1.29 is 5.11 Å². The molecule has 2 aliphatic rings. The maximum atomic E-state index is 11.2. The van der Waals surface area contributed by atoms with Crippen LogP contribution in [-0.4, -0.2) is 10.1 Å². The van der Waals surface area contributed by atoms with Crippen molar-refractivity contribution in [2.24, 2.45) is 11.8 Å². The third-order valence-corrected chi connectivity index (χ3v) is 4.02. The highest BCUT2D eigenvalue weighted by atomic mass is 16.3. The highest BCUT2D eigenvalue weighted by Gasteiger charge is 2.64. The van der Waals surface area contributed by atoms with Gasteiger partial charge in [-0.1, -0.05) is 12.8 Å². The molecule has 2 unspecified atom stereocenters. The second-order valence-electron chi connectivity index (χ2n) is 4.76. The van der Waals surface area contributed by atoms with Gasteiger partial charge in [-0.15, -0.1) is 0 Å². The first-order chi connectivity index (χ1) is 7.23. The van der Waals surface area contributed by atoms with Gasteiger partial charge in [-0.25, -0.2) is 0 Å². The minimum Gasteiger partial charge on any atom is -0.385 e. The first-order valence-electron chi connectivity index (χ1n) is 5.64. The van der Waals surface area contributed by atoms with Gasteiger partial charge >= 0.3 is 0 Å². The highest BCUT2D eigenvalue weighted by Crippen LogP contribution is 2.64. The molecule has 3 nitrogen and oxygen atoms in total. The van der Waals surface area contributed by atoms with Crippen molar-refractivity contribution in [2.75, 3.05) is 0 Å². The first kappa shape index (κ1) is 9.16. The number of nitrogens with one attached hydrogen (secondary N) is 1. The molecular weight excluding hydrogens is 190 g/mol. The van der Waals surface area contributed by atoms with E-state index in [4.69, 9.17) is 0 Å². The summed E-state index contributed by atoms with van der Waals surface area (Å²) < 4.78 is 0. The molecule has 1 heterocycles. The van der Waals surface area contributed by atoms with Crippen molar-refractivity contribution in [3.63, 3.8) is 0 Å². The zero-order valence-electron chi connectivity index (χ0n) is 8.57. The summed E-state index contributed by atoms with van der Waals surface area (Å²) >= 11 is 0. The first-order valence-corrected chi connectivity index (χ1v) is 5.64. The summed E-state index contributed by atoms with van der Waals surface area (Å²) in [5, 5.41) is 10.5. The fourth-order valence-corrected chi connectivity index (χ4v) is 3.21. The number of hydrogen-bond donors (Lipinski definition) is 2. The van der Waals surface area contributed by atoms with Crippen molar-refractivity contribution in [1.29, 1.82) is 0 Å². The van der Waals surface area contributed by atoms with Gasteiger partial charge in [-0.3, -0.25) is 4.79 Å². The summed E-state index contributed by atoms with van der Waals surface area (Å²) in [6.07, 6.45) is 6.27. The van der Waals surface area contributed by atoms with E-state index in [0.29, 0.717) is 11.8 Å². The average Bonchev–Trinajstić information content (AvgIpc) is 2.87. The van der Waals surface area contributed by atoms with E-state index in [1.807, 2.05) is 6.07 Å². The summed E-state index contributed by atoms with van der Waals surface area (Å²) in [6, 6.07) is 3.37. The Morgan fingerprint density at radius 1 is 1.33 bits per heavy atom. The van der Waals surface area contributed by atoms with Gasteiger partial charge in [-0.2, -0.15) is 0 Å². The summed E-state index contributed by atoms with van der Waals surface area (Å²) in [4.78, 5) is 13.8. The second kappa shape index (κ2) is 2.95. The zero-order chi connectivity index (χ0) is 10.5. The van der Waals surface area contributed by atoms with E-state index in [1.165, 1.54) is 12.8 Å². The van der Waals surface area contributed by atoms with Crippen molar-refractivity contribution >= 4 is 0 Å². The molecule has 0 aromatic carbocycles. The van der Waals surface area contributed by atoms with E-state index < -0.39 is 5.60 Å². The van der Waals surface area contributed by atoms with Crippen molar-refractivity contribution in [3.8, 4) is 0 Å². The second-order valence-corrected chi connectivity index (χ2v) is 4.76. The molecule has 0 aliphatic heterocycles. The minimum atomic E-state index is -0.690. The van der Waals surface area contributed by atoms with Crippen LogP contribution in [0.5, 0.6) is 0 Å². The molecule has 2 aliphatic carbocycles. The van der Waals surface area contributed by atoms with E-state index >= 15 is 0 Å². The number of fused-ring (bicyclic) bond motifs is 1. The molecule has 15 heavy (non-hydrogen) atoms. The fourth-order valence-electron chi connectivity index (χ4n) is 3.21. The molecule has 2 fully saturated rings. The van der Waals surface area contributed by atoms with Crippen LogP contribution in [-0.2, 0) is 5.60 Å². The lowest BCUT2D eigenvalue weighted by Crippen LogP contribution is -2.15. The number of aromatic nitrogens is 1. The Kier molecular flexibility index (Phi) is 1.80. The molecule has 2 saturated carbocycles. The van der Waals surface area contributed by atoms with Crippen LogP contribution < -0.4 is 5.56 Å². The monoisotopic (exact) mass is 205 g/mol. The average molecular weight is 205 g/mol. The Balaban J connectivity index is 1.98. The zero-order valence-corrected chi connectivity index (χ0v) is 8.57. The molecule has 0 amide bonds. The molecule has 0 saturated heterocycles. The highest BCUT2D eigenvalue weighted by molar-refractivity contribution is 5.31. The van der Waals surface area contributed by atoms with E-state index in [-0.39, 0.29) is 5.56 Å². The van der Waals surface area contributed by atoms with Crippen LogP contribution in [0.2, 0.25) is 0 Å². The third kappa shape index (κ3) is 1.19. The lowest BCUT2D eigenvalue weighted by molar-refractivity contribution is 0.118. The third-order valence-electron chi connectivity index (χ3n) is 4.02. The molecule has 2 N–H and O–H groups in total. The van der Waals surface area contributed by atoms with Crippen LogP contribution in [0.1, 0.15) is 31.2 Å². The maximum Gasteiger partial charge on any atom is 0.248 e. The normalized spacial score (nSPS) is 38.5. The lowest BCUT2D eigenvalue weighted by atomic mass is 10.0. The molecule has 3 rings (SSSR count). The van der Waals surface area contributed by atoms with E-state index in [9.17, 15) is 9.90 Å². The molecule has 80 valence electrons. The fraction of sp³-hybridized carbons (Fsp3) is 0.583. The summed E-state index contributed by atoms with van der Waals surface area (Å²) in [7, 11) is 0. The molecule has 1 aromatic heterocycles. The van der Waals surface area contributed by atoms with Gasteiger partial charge < -0.3 is 10.1 Å². The SMILES string of the molecule is O=c1cc(C2(O)C3CCCCC32)cc[nH]1. The van der Waals surface area contributed by atoms with Gasteiger partial charge in [0.05, 0.1) is 5.60 Å².